The highest BCUT2D eigenvalue weighted by Gasteiger charge is 2.28. The Bertz CT molecular complexity index is 1040. The Hall–Kier alpha value is -1.93. The predicted molar refractivity (Wildman–Crippen MR) is 107 cm³/mol. The molecule has 0 unspecified atom stereocenters. The lowest BCUT2D eigenvalue weighted by Gasteiger charge is -2.33. The molecule has 1 fully saturated rings. The number of nitrogens with zero attached hydrogens (tertiary/aromatic N) is 2. The molecule has 1 atom stereocenters. The summed E-state index contributed by atoms with van der Waals surface area (Å²) < 4.78 is 20.7. The van der Waals surface area contributed by atoms with E-state index in [4.69, 9.17) is 22.1 Å². The number of nitrogen functional groups attached to an aromatic ring is 1. The van der Waals surface area contributed by atoms with Crippen LogP contribution >= 0.6 is 22.9 Å². The normalized spacial score (nSPS) is 20.0. The summed E-state index contributed by atoms with van der Waals surface area (Å²) in [6.07, 6.45) is 0. The first-order valence-electron chi connectivity index (χ1n) is 8.85. The van der Waals surface area contributed by atoms with Gasteiger partial charge < -0.3 is 15.8 Å². The second-order valence-corrected chi connectivity index (χ2v) is 8.34. The highest BCUT2D eigenvalue weighted by Crippen LogP contribution is 2.41. The van der Waals surface area contributed by atoms with E-state index in [0.29, 0.717) is 33.0 Å². The van der Waals surface area contributed by atoms with Gasteiger partial charge in [0, 0.05) is 47.9 Å². The third-order valence-corrected chi connectivity index (χ3v) is 6.43. The highest BCUT2D eigenvalue weighted by molar-refractivity contribution is 7.22. The Kier molecular flexibility index (Phi) is 4.20. The van der Waals surface area contributed by atoms with Crippen molar-refractivity contribution in [2.45, 2.75) is 12.6 Å². The number of anilines is 1. The van der Waals surface area contributed by atoms with Crippen molar-refractivity contribution in [3.63, 3.8) is 0 Å². The van der Waals surface area contributed by atoms with Crippen molar-refractivity contribution in [2.24, 2.45) is 0 Å². The van der Waals surface area contributed by atoms with E-state index < -0.39 is 0 Å². The molecule has 1 aromatic heterocycles. The van der Waals surface area contributed by atoms with Crippen molar-refractivity contribution in [1.82, 2.24) is 15.2 Å². The Morgan fingerprint density at radius 1 is 1.33 bits per heavy atom. The average Bonchev–Trinajstić information content (AvgIpc) is 2.96. The molecule has 2 aromatic carbocycles. The van der Waals surface area contributed by atoms with E-state index in [1.165, 1.54) is 6.07 Å². The monoisotopic (exact) mass is 404 g/mol. The molecule has 0 bridgehead atoms. The summed E-state index contributed by atoms with van der Waals surface area (Å²) >= 11 is 7.78. The fourth-order valence-electron chi connectivity index (χ4n) is 3.85. The quantitative estimate of drug-likeness (QED) is 0.650. The summed E-state index contributed by atoms with van der Waals surface area (Å²) in [6, 6.07) is 7.40. The van der Waals surface area contributed by atoms with Crippen LogP contribution in [0.4, 0.5) is 9.52 Å². The number of fused-ring (bicyclic) bond motifs is 3. The minimum Gasteiger partial charge on any atom is -0.492 e. The lowest BCUT2D eigenvalue weighted by Crippen LogP contribution is -2.52. The van der Waals surface area contributed by atoms with Gasteiger partial charge in [-0.3, -0.25) is 4.90 Å². The molecule has 0 amide bonds. The molecule has 140 valence electrons. The molecule has 3 heterocycles. The van der Waals surface area contributed by atoms with Crippen LogP contribution in [-0.2, 0) is 6.54 Å². The Morgan fingerprint density at radius 3 is 3.11 bits per heavy atom. The molecule has 3 N–H and O–H groups in total. The van der Waals surface area contributed by atoms with Gasteiger partial charge in [0.1, 0.15) is 18.2 Å². The van der Waals surface area contributed by atoms with Crippen LogP contribution in [0.3, 0.4) is 0 Å². The number of halogens is 2. The second-order valence-electron chi connectivity index (χ2n) is 6.90. The van der Waals surface area contributed by atoms with Crippen molar-refractivity contribution >= 4 is 38.3 Å². The fraction of sp³-hybridized carbons (Fsp3) is 0.316. The number of benzene rings is 2. The van der Waals surface area contributed by atoms with E-state index in [-0.39, 0.29) is 5.82 Å². The molecular weight excluding hydrogens is 387 g/mol. The minimum atomic E-state index is -0.325. The SMILES string of the molecule is Nc1nc2c(-c3cc4c(cc3Cl)CN3CCNC[C@@H]3CO4)ccc(F)c2s1. The van der Waals surface area contributed by atoms with E-state index in [0.717, 1.165) is 60.0 Å². The van der Waals surface area contributed by atoms with Crippen LogP contribution in [0.2, 0.25) is 5.02 Å². The van der Waals surface area contributed by atoms with Gasteiger partial charge in [-0.1, -0.05) is 22.9 Å². The minimum absolute atomic E-state index is 0.325. The molecule has 0 saturated carbocycles. The standard InChI is InChI=1S/C19H18ClFN4OS/c20-14-5-10-8-25-4-3-23-7-11(25)9-26-16(10)6-13(14)12-1-2-15(21)18-17(12)24-19(22)27-18/h1-2,5-6,11,23H,3-4,7-9H2,(H2,22,24)/t11-/m1/s1. The zero-order chi connectivity index (χ0) is 18.5. The molecule has 3 aromatic rings. The Labute approximate surface area is 164 Å². The van der Waals surface area contributed by atoms with Gasteiger partial charge in [-0.05, 0) is 24.3 Å². The van der Waals surface area contributed by atoms with Gasteiger partial charge in [-0.2, -0.15) is 0 Å². The highest BCUT2D eigenvalue weighted by atomic mass is 35.5. The first-order valence-corrected chi connectivity index (χ1v) is 10.0. The molecule has 5 rings (SSSR count). The van der Waals surface area contributed by atoms with Crippen molar-refractivity contribution in [3.05, 3.63) is 40.7 Å². The van der Waals surface area contributed by atoms with Crippen LogP contribution < -0.4 is 15.8 Å². The molecule has 27 heavy (non-hydrogen) atoms. The maximum atomic E-state index is 14.1. The largest absolute Gasteiger partial charge is 0.492 e. The number of ether oxygens (including phenoxy) is 1. The molecule has 8 heteroatoms. The summed E-state index contributed by atoms with van der Waals surface area (Å²) in [5.41, 5.74) is 8.97. The van der Waals surface area contributed by atoms with Gasteiger partial charge >= 0.3 is 0 Å². The van der Waals surface area contributed by atoms with Gasteiger partial charge in [-0.15, -0.1) is 0 Å². The van der Waals surface area contributed by atoms with Crippen LogP contribution in [0.25, 0.3) is 21.3 Å². The average molecular weight is 405 g/mol. The zero-order valence-corrected chi connectivity index (χ0v) is 16.0. The number of nitrogens with two attached hydrogens (primary N) is 1. The number of rotatable bonds is 1. The molecule has 2 aliphatic heterocycles. The lowest BCUT2D eigenvalue weighted by atomic mass is 10.0. The van der Waals surface area contributed by atoms with Crippen molar-refractivity contribution in [3.8, 4) is 16.9 Å². The van der Waals surface area contributed by atoms with Gasteiger partial charge in [-0.25, -0.2) is 9.37 Å². The number of aromatic nitrogens is 1. The number of hydrogen-bond acceptors (Lipinski definition) is 6. The van der Waals surface area contributed by atoms with Crippen LogP contribution in [0.1, 0.15) is 5.56 Å². The Morgan fingerprint density at radius 2 is 2.22 bits per heavy atom. The molecule has 0 aliphatic carbocycles. The molecule has 1 saturated heterocycles. The number of nitrogens with one attached hydrogen (secondary N) is 1. The number of hydrogen-bond donors (Lipinski definition) is 2. The van der Waals surface area contributed by atoms with Gasteiger partial charge in [0.25, 0.3) is 0 Å². The third kappa shape index (κ3) is 2.95. The summed E-state index contributed by atoms with van der Waals surface area (Å²) in [4.78, 5) is 6.75. The number of thiazole rings is 1. The topological polar surface area (TPSA) is 63.4 Å². The summed E-state index contributed by atoms with van der Waals surface area (Å²) in [5.74, 6) is 0.499. The van der Waals surface area contributed by atoms with E-state index in [2.05, 4.69) is 15.2 Å². The zero-order valence-electron chi connectivity index (χ0n) is 14.5. The van der Waals surface area contributed by atoms with E-state index in [1.54, 1.807) is 6.07 Å². The van der Waals surface area contributed by atoms with Crippen molar-refractivity contribution in [1.29, 1.82) is 0 Å². The van der Waals surface area contributed by atoms with Crippen LogP contribution in [0.15, 0.2) is 24.3 Å². The maximum Gasteiger partial charge on any atom is 0.181 e. The van der Waals surface area contributed by atoms with Gasteiger partial charge in [0.2, 0.25) is 0 Å². The van der Waals surface area contributed by atoms with Crippen LogP contribution in [-0.4, -0.2) is 42.2 Å². The molecule has 5 nitrogen and oxygen atoms in total. The van der Waals surface area contributed by atoms with Crippen LogP contribution in [0.5, 0.6) is 5.75 Å². The molecule has 0 radical (unpaired) electrons. The number of piperazine rings is 1. The molecule has 2 aliphatic rings. The van der Waals surface area contributed by atoms with Crippen LogP contribution in [0, 0.1) is 5.82 Å². The van der Waals surface area contributed by atoms with Crippen molar-refractivity contribution in [2.75, 3.05) is 32.0 Å². The van der Waals surface area contributed by atoms with E-state index in [1.807, 2.05) is 12.1 Å². The first-order chi connectivity index (χ1) is 13.1. The maximum absolute atomic E-state index is 14.1. The smallest absolute Gasteiger partial charge is 0.181 e. The van der Waals surface area contributed by atoms with E-state index in [9.17, 15) is 4.39 Å². The fourth-order valence-corrected chi connectivity index (χ4v) is 4.90. The van der Waals surface area contributed by atoms with Gasteiger partial charge in [0.05, 0.1) is 16.3 Å². The summed E-state index contributed by atoms with van der Waals surface area (Å²) in [6.45, 7) is 4.33. The third-order valence-electron chi connectivity index (χ3n) is 5.23. The molecular formula is C19H18ClFN4OS. The molecule has 0 spiro atoms. The summed E-state index contributed by atoms with van der Waals surface area (Å²) in [5, 5.41) is 4.35. The Balaban J connectivity index is 1.62. The second kappa shape index (κ2) is 6.60. The van der Waals surface area contributed by atoms with Gasteiger partial charge in [0.15, 0.2) is 5.13 Å². The van der Waals surface area contributed by atoms with E-state index >= 15 is 0 Å². The first kappa shape index (κ1) is 17.2. The van der Waals surface area contributed by atoms with Crippen molar-refractivity contribution < 1.29 is 9.13 Å². The predicted octanol–water partition coefficient (Wildman–Crippen LogP) is 3.50. The lowest BCUT2D eigenvalue weighted by molar-refractivity contribution is 0.120. The summed E-state index contributed by atoms with van der Waals surface area (Å²) in [7, 11) is 0.